The molecule has 30 heavy (non-hydrogen) atoms. The number of hydrogen-bond acceptors (Lipinski definition) is 5. The minimum absolute atomic E-state index is 0.0657. The van der Waals surface area contributed by atoms with Gasteiger partial charge in [-0.25, -0.2) is 0 Å². The third-order valence-electron chi connectivity index (χ3n) is 5.04. The van der Waals surface area contributed by atoms with Crippen LogP contribution in [0.15, 0.2) is 48.5 Å². The Kier molecular flexibility index (Phi) is 6.95. The van der Waals surface area contributed by atoms with Gasteiger partial charge in [0.25, 0.3) is 5.91 Å². The summed E-state index contributed by atoms with van der Waals surface area (Å²) in [6, 6.07) is 12.6. The zero-order valence-corrected chi connectivity index (χ0v) is 17.5. The van der Waals surface area contributed by atoms with Crippen LogP contribution in [0.5, 0.6) is 17.2 Å². The lowest BCUT2D eigenvalue weighted by Gasteiger charge is -2.34. The van der Waals surface area contributed by atoms with Crippen molar-refractivity contribution in [2.24, 2.45) is 0 Å². The van der Waals surface area contributed by atoms with Crippen LogP contribution in [0, 0.1) is 0 Å². The molecule has 158 valence electrons. The second-order valence-electron chi connectivity index (χ2n) is 6.79. The fourth-order valence-electron chi connectivity index (χ4n) is 3.27. The molecule has 0 aromatic heterocycles. The molecule has 0 N–H and O–H groups in total. The number of ether oxygens (including phenoxy) is 3. The van der Waals surface area contributed by atoms with E-state index in [1.54, 1.807) is 54.4 Å². The fraction of sp³-hybridized carbons (Fsp3) is 0.304. The van der Waals surface area contributed by atoms with Crippen molar-refractivity contribution >= 4 is 17.9 Å². The van der Waals surface area contributed by atoms with Gasteiger partial charge in [-0.3, -0.25) is 9.59 Å². The molecule has 1 aliphatic heterocycles. The van der Waals surface area contributed by atoms with E-state index in [0.29, 0.717) is 43.2 Å². The van der Waals surface area contributed by atoms with E-state index in [2.05, 4.69) is 0 Å². The lowest BCUT2D eigenvalue weighted by atomic mass is 10.1. The highest BCUT2D eigenvalue weighted by atomic mass is 16.5. The highest BCUT2D eigenvalue weighted by molar-refractivity contribution is 5.95. The van der Waals surface area contributed by atoms with Gasteiger partial charge in [-0.05, 0) is 42.0 Å². The maximum Gasteiger partial charge on any atom is 0.254 e. The summed E-state index contributed by atoms with van der Waals surface area (Å²) in [7, 11) is 4.71. The Morgan fingerprint density at radius 3 is 2.03 bits per heavy atom. The first kappa shape index (κ1) is 21.2. The van der Waals surface area contributed by atoms with E-state index in [1.165, 1.54) is 7.11 Å². The molecule has 1 heterocycles. The number of methoxy groups -OCH3 is 3. The van der Waals surface area contributed by atoms with Gasteiger partial charge in [-0.1, -0.05) is 12.1 Å². The number of nitrogens with zero attached hydrogens (tertiary/aromatic N) is 2. The average Bonchev–Trinajstić information content (AvgIpc) is 2.82. The molecule has 7 nitrogen and oxygen atoms in total. The predicted molar refractivity (Wildman–Crippen MR) is 114 cm³/mol. The van der Waals surface area contributed by atoms with Crippen LogP contribution in [0.1, 0.15) is 15.9 Å². The Bertz CT molecular complexity index is 916. The first-order valence-electron chi connectivity index (χ1n) is 9.68. The summed E-state index contributed by atoms with van der Waals surface area (Å²) >= 11 is 0. The van der Waals surface area contributed by atoms with E-state index < -0.39 is 0 Å². The summed E-state index contributed by atoms with van der Waals surface area (Å²) in [6.07, 6.45) is 3.34. The van der Waals surface area contributed by atoms with Crippen LogP contribution in [0.25, 0.3) is 6.08 Å². The monoisotopic (exact) mass is 410 g/mol. The molecule has 0 spiro atoms. The second-order valence-corrected chi connectivity index (χ2v) is 6.79. The Morgan fingerprint density at radius 2 is 1.43 bits per heavy atom. The van der Waals surface area contributed by atoms with E-state index in [1.807, 2.05) is 24.3 Å². The van der Waals surface area contributed by atoms with Gasteiger partial charge in [0.2, 0.25) is 5.91 Å². The first-order valence-corrected chi connectivity index (χ1v) is 9.68. The van der Waals surface area contributed by atoms with E-state index in [-0.39, 0.29) is 11.8 Å². The fourth-order valence-corrected chi connectivity index (χ4v) is 3.27. The summed E-state index contributed by atoms with van der Waals surface area (Å²) in [6.45, 7) is 1.94. The molecule has 0 radical (unpaired) electrons. The zero-order valence-electron chi connectivity index (χ0n) is 17.5. The number of amides is 2. The van der Waals surface area contributed by atoms with Crippen LogP contribution in [-0.2, 0) is 4.79 Å². The topological polar surface area (TPSA) is 68.3 Å². The summed E-state index contributed by atoms with van der Waals surface area (Å²) in [5.74, 6) is 1.71. The molecule has 0 bridgehead atoms. The Labute approximate surface area is 176 Å². The summed E-state index contributed by atoms with van der Waals surface area (Å²) in [4.78, 5) is 28.8. The normalized spacial score (nSPS) is 14.0. The number of rotatable bonds is 6. The molecule has 2 aromatic rings. The molecule has 7 heteroatoms. The third-order valence-corrected chi connectivity index (χ3v) is 5.04. The maximum atomic E-state index is 12.8. The highest BCUT2D eigenvalue weighted by Crippen LogP contribution is 2.28. The van der Waals surface area contributed by atoms with Gasteiger partial charge in [-0.15, -0.1) is 0 Å². The second kappa shape index (κ2) is 9.82. The quantitative estimate of drug-likeness (QED) is 0.685. The average molecular weight is 410 g/mol. The first-order chi connectivity index (χ1) is 14.5. The van der Waals surface area contributed by atoms with Crippen LogP contribution >= 0.6 is 0 Å². The summed E-state index contributed by atoms with van der Waals surface area (Å²) < 4.78 is 15.6. The zero-order chi connectivity index (χ0) is 21.5. The largest absolute Gasteiger partial charge is 0.497 e. The Morgan fingerprint density at radius 1 is 0.800 bits per heavy atom. The van der Waals surface area contributed by atoms with Crippen LogP contribution in [-0.4, -0.2) is 69.1 Å². The molecule has 0 saturated carbocycles. The minimum Gasteiger partial charge on any atom is -0.497 e. The summed E-state index contributed by atoms with van der Waals surface area (Å²) in [5, 5.41) is 0. The van der Waals surface area contributed by atoms with Crippen LogP contribution in [0.4, 0.5) is 0 Å². The summed E-state index contributed by atoms with van der Waals surface area (Å²) in [5.41, 5.74) is 1.46. The minimum atomic E-state index is -0.0863. The van der Waals surface area contributed by atoms with E-state index >= 15 is 0 Å². The number of piperazine rings is 1. The van der Waals surface area contributed by atoms with Gasteiger partial charge >= 0.3 is 0 Å². The Hall–Kier alpha value is -3.48. The van der Waals surface area contributed by atoms with Gasteiger partial charge < -0.3 is 24.0 Å². The number of carbonyl (C=O) groups excluding carboxylic acids is 2. The van der Waals surface area contributed by atoms with Crippen molar-refractivity contribution in [1.82, 2.24) is 9.80 Å². The molecule has 0 aliphatic carbocycles. The van der Waals surface area contributed by atoms with E-state index in [4.69, 9.17) is 14.2 Å². The van der Waals surface area contributed by atoms with Gasteiger partial charge in [0.15, 0.2) is 11.5 Å². The molecule has 1 saturated heterocycles. The molecule has 1 fully saturated rings. The molecule has 3 rings (SSSR count). The van der Waals surface area contributed by atoms with Crippen molar-refractivity contribution < 1.29 is 23.8 Å². The lowest BCUT2D eigenvalue weighted by molar-refractivity contribution is -0.127. The molecular weight excluding hydrogens is 384 g/mol. The molecule has 2 aromatic carbocycles. The van der Waals surface area contributed by atoms with Gasteiger partial charge in [0.05, 0.1) is 21.3 Å². The molecular formula is C23H26N2O5. The maximum absolute atomic E-state index is 12.8. The van der Waals surface area contributed by atoms with Crippen LogP contribution < -0.4 is 14.2 Å². The van der Waals surface area contributed by atoms with E-state index in [0.717, 1.165) is 11.3 Å². The molecule has 0 atom stereocenters. The van der Waals surface area contributed by atoms with E-state index in [9.17, 15) is 9.59 Å². The SMILES string of the molecule is COc1ccc(/C=C/C(=O)N2CCN(C(=O)c3ccc(OC)c(OC)c3)CC2)cc1. The van der Waals surface area contributed by atoms with Crippen molar-refractivity contribution in [2.75, 3.05) is 47.5 Å². The number of hydrogen-bond donors (Lipinski definition) is 0. The predicted octanol–water partition coefficient (Wildman–Crippen LogP) is 2.71. The smallest absolute Gasteiger partial charge is 0.254 e. The van der Waals surface area contributed by atoms with Crippen molar-refractivity contribution in [3.63, 3.8) is 0 Å². The standard InChI is InChI=1S/C23H26N2O5/c1-28-19-8-4-17(5-9-19)6-11-22(26)24-12-14-25(15-13-24)23(27)18-7-10-20(29-2)21(16-18)30-3/h4-11,16H,12-15H2,1-3H3/b11-6+. The number of carbonyl (C=O) groups is 2. The van der Waals surface area contributed by atoms with Gasteiger partial charge in [0.1, 0.15) is 5.75 Å². The lowest BCUT2D eigenvalue weighted by Crippen LogP contribution is -2.50. The van der Waals surface area contributed by atoms with Crippen molar-refractivity contribution in [3.05, 3.63) is 59.7 Å². The van der Waals surface area contributed by atoms with Crippen molar-refractivity contribution in [1.29, 1.82) is 0 Å². The van der Waals surface area contributed by atoms with Crippen molar-refractivity contribution in [2.45, 2.75) is 0 Å². The van der Waals surface area contributed by atoms with Crippen LogP contribution in [0.3, 0.4) is 0 Å². The Balaban J connectivity index is 1.56. The molecule has 0 unspecified atom stereocenters. The van der Waals surface area contributed by atoms with Gasteiger partial charge in [0, 0.05) is 37.8 Å². The van der Waals surface area contributed by atoms with Crippen LogP contribution in [0.2, 0.25) is 0 Å². The van der Waals surface area contributed by atoms with Gasteiger partial charge in [-0.2, -0.15) is 0 Å². The highest BCUT2D eigenvalue weighted by Gasteiger charge is 2.24. The van der Waals surface area contributed by atoms with Crippen molar-refractivity contribution in [3.8, 4) is 17.2 Å². The molecule has 1 aliphatic rings. The molecule has 2 amide bonds. The third kappa shape index (κ3) is 4.92. The number of benzene rings is 2.